The summed E-state index contributed by atoms with van der Waals surface area (Å²) >= 11 is 0. The van der Waals surface area contributed by atoms with Crippen molar-refractivity contribution in [1.82, 2.24) is 0 Å². The second-order valence-corrected chi connectivity index (χ2v) is 15.8. The Morgan fingerprint density at radius 3 is 1.24 bits per heavy atom. The molecule has 0 atom stereocenters. The van der Waals surface area contributed by atoms with Crippen molar-refractivity contribution in [3.8, 4) is 0 Å². The molecule has 0 saturated heterocycles. The molecule has 0 unspecified atom stereocenters. The molecule has 0 radical (unpaired) electrons. The number of unbranched alkanes of at least 4 members (excludes halogenated alkanes) is 4. The summed E-state index contributed by atoms with van der Waals surface area (Å²) in [6, 6.07) is 27.3. The summed E-state index contributed by atoms with van der Waals surface area (Å²) in [6.45, 7) is 14.6. The Kier molecular flexibility index (Phi) is 22.4. The van der Waals surface area contributed by atoms with E-state index in [0.29, 0.717) is 0 Å². The van der Waals surface area contributed by atoms with Crippen molar-refractivity contribution in [2.45, 2.75) is 86.0 Å². The smallest absolute Gasteiger partial charge is 0.161 e. The van der Waals surface area contributed by atoms with Gasteiger partial charge in [0, 0.05) is 0 Å². The van der Waals surface area contributed by atoms with Gasteiger partial charge in [-0.25, -0.2) is 0 Å². The van der Waals surface area contributed by atoms with Crippen molar-refractivity contribution >= 4 is 48.0 Å². The normalized spacial score (nSPS) is 10.9. The minimum absolute atomic E-state index is 0. The Balaban J connectivity index is 0.000000355. The Bertz CT molecular complexity index is 1080. The summed E-state index contributed by atoms with van der Waals surface area (Å²) in [7, 11) is 0.171. The summed E-state index contributed by atoms with van der Waals surface area (Å²) in [4.78, 5) is 0. The molecular formula is C39H56P2Zr. The van der Waals surface area contributed by atoms with E-state index in [0.717, 1.165) is 0 Å². The average Bonchev–Trinajstić information content (AvgIpc) is 3.63. The fourth-order valence-electron chi connectivity index (χ4n) is 4.91. The van der Waals surface area contributed by atoms with Crippen LogP contribution < -0.4 is 10.6 Å². The number of hydrogen-bond donors (Lipinski definition) is 0. The molecule has 0 aromatic heterocycles. The number of hydrogen-bond acceptors (Lipinski definition) is 0. The van der Waals surface area contributed by atoms with Crippen molar-refractivity contribution in [3.63, 3.8) is 0 Å². The molecule has 0 spiro atoms. The van der Waals surface area contributed by atoms with Crippen molar-refractivity contribution in [2.75, 3.05) is 24.6 Å². The number of allylic oxidation sites excluding steroid dienone is 3. The van der Waals surface area contributed by atoms with Crippen LogP contribution in [-0.4, -0.2) is 24.6 Å². The van der Waals surface area contributed by atoms with Crippen LogP contribution in [0, 0.1) is 0 Å². The summed E-state index contributed by atoms with van der Waals surface area (Å²) in [5, 5.41) is 8.96. The van der Waals surface area contributed by atoms with Gasteiger partial charge in [-0.05, 0) is 57.3 Å². The molecule has 0 aliphatic heterocycles. The maximum absolute atomic E-state index is 3.46. The van der Waals surface area contributed by atoms with Gasteiger partial charge >= 0.3 is 26.2 Å². The first kappa shape index (κ1) is 38.9. The van der Waals surface area contributed by atoms with Crippen molar-refractivity contribution in [1.29, 1.82) is 0 Å². The molecule has 42 heavy (non-hydrogen) atoms. The second kappa shape index (κ2) is 24.2. The van der Waals surface area contributed by atoms with E-state index in [-0.39, 0.29) is 42.0 Å². The van der Waals surface area contributed by atoms with Gasteiger partial charge in [-0.2, -0.15) is 12.1 Å². The first-order valence-corrected chi connectivity index (χ1v) is 19.6. The molecular weight excluding hydrogens is 622 g/mol. The summed E-state index contributed by atoms with van der Waals surface area (Å²) in [5.74, 6) is 0. The minimum Gasteiger partial charge on any atom is -0.161 e. The Hall–Kier alpha value is -1.12. The molecule has 0 aliphatic carbocycles. The van der Waals surface area contributed by atoms with Crippen LogP contribution in [0.1, 0.15) is 86.0 Å². The van der Waals surface area contributed by atoms with Crippen LogP contribution in [0.4, 0.5) is 0 Å². The molecule has 0 fully saturated rings. The van der Waals surface area contributed by atoms with Gasteiger partial charge in [0.15, 0.2) is 0 Å². The predicted octanol–water partition coefficient (Wildman–Crippen LogP) is 12.3. The van der Waals surface area contributed by atoms with Crippen LogP contribution in [0.15, 0.2) is 97.6 Å². The van der Waals surface area contributed by atoms with Gasteiger partial charge in [-0.1, -0.05) is 106 Å². The monoisotopic (exact) mass is 676 g/mol. The van der Waals surface area contributed by atoms with E-state index < -0.39 is 0 Å². The van der Waals surface area contributed by atoms with Crippen LogP contribution in [-0.2, 0) is 26.2 Å². The van der Waals surface area contributed by atoms with Crippen molar-refractivity contribution in [3.05, 3.63) is 97.6 Å². The summed E-state index contributed by atoms with van der Waals surface area (Å²) in [5.41, 5.74) is 0. The van der Waals surface area contributed by atoms with Crippen molar-refractivity contribution < 1.29 is 26.2 Å². The zero-order valence-electron chi connectivity index (χ0n) is 27.2. The number of fused-ring (bicyclic) bond motifs is 2. The molecule has 4 aromatic carbocycles. The number of rotatable bonds is 15. The maximum atomic E-state index is 3.46. The van der Waals surface area contributed by atoms with Crippen LogP contribution in [0.2, 0.25) is 0 Å². The third-order valence-corrected chi connectivity index (χ3v) is 12.8. The van der Waals surface area contributed by atoms with Crippen LogP contribution >= 0.6 is 15.8 Å². The third-order valence-electron chi connectivity index (χ3n) is 7.39. The van der Waals surface area contributed by atoms with Crippen LogP contribution in [0.3, 0.4) is 0 Å². The van der Waals surface area contributed by atoms with Gasteiger partial charge < -0.3 is 0 Å². The molecule has 4 aromatic rings. The van der Waals surface area contributed by atoms with Gasteiger partial charge in [0.1, 0.15) is 0 Å². The van der Waals surface area contributed by atoms with E-state index in [1.54, 1.807) is 16.7 Å². The summed E-state index contributed by atoms with van der Waals surface area (Å²) < 4.78 is 0. The molecule has 0 nitrogen and oxygen atoms in total. The third kappa shape index (κ3) is 14.1. The summed E-state index contributed by atoms with van der Waals surface area (Å²) in [6.07, 6.45) is 22.1. The van der Waals surface area contributed by atoms with E-state index in [4.69, 9.17) is 0 Å². The molecule has 0 saturated carbocycles. The van der Waals surface area contributed by atoms with Gasteiger partial charge in [-0.15, -0.1) is 80.7 Å². The molecule has 0 aliphatic rings. The molecule has 4 rings (SSSR count). The zero-order chi connectivity index (χ0) is 29.7. The predicted molar refractivity (Wildman–Crippen MR) is 196 cm³/mol. The molecule has 0 amide bonds. The number of benzene rings is 2. The standard InChI is InChI=1S/2C17H24P.C5H8.Zr/c2*1-3-5-11-18(12-6-4-2)17-13-15-9-7-8-10-16(15)14-17;1-3-5-4-2;/h2*7-10,13-14H,3-6,11-12H2,1-2H3;3-5H,1H2,2H3;/q2*-1;;+2/b;;5-4+;. The largest absolute Gasteiger partial charge is 2.00 e. The van der Waals surface area contributed by atoms with Gasteiger partial charge in [0.25, 0.3) is 0 Å². The van der Waals surface area contributed by atoms with E-state index in [1.165, 1.54) is 97.6 Å². The second-order valence-electron chi connectivity index (χ2n) is 10.8. The average molecular weight is 678 g/mol. The fourth-order valence-corrected chi connectivity index (χ4v) is 10.5. The van der Waals surface area contributed by atoms with E-state index >= 15 is 0 Å². The Morgan fingerprint density at radius 2 is 0.976 bits per heavy atom. The quantitative estimate of drug-likeness (QED) is 0.0667. The molecule has 226 valence electrons. The van der Waals surface area contributed by atoms with E-state index in [9.17, 15) is 0 Å². The fraction of sp³-hybridized carbons (Fsp3) is 0.436. The molecule has 0 bridgehead atoms. The maximum Gasteiger partial charge on any atom is 2.00 e. The minimum atomic E-state index is 0. The van der Waals surface area contributed by atoms with Gasteiger partial charge in [0.05, 0.1) is 0 Å². The van der Waals surface area contributed by atoms with Crippen LogP contribution in [0.5, 0.6) is 0 Å². The first-order valence-electron chi connectivity index (χ1n) is 16.2. The Labute approximate surface area is 280 Å². The molecule has 0 heterocycles. The van der Waals surface area contributed by atoms with E-state index in [1.807, 2.05) is 19.1 Å². The van der Waals surface area contributed by atoms with Crippen molar-refractivity contribution in [2.24, 2.45) is 0 Å². The Morgan fingerprint density at radius 1 is 0.619 bits per heavy atom. The molecule has 3 heteroatoms. The van der Waals surface area contributed by atoms with Gasteiger partial charge in [0.2, 0.25) is 0 Å². The topological polar surface area (TPSA) is 0 Å². The first-order chi connectivity index (χ1) is 20.1. The van der Waals surface area contributed by atoms with E-state index in [2.05, 4.69) is 107 Å². The zero-order valence-corrected chi connectivity index (χ0v) is 31.5. The van der Waals surface area contributed by atoms with Crippen LogP contribution in [0.25, 0.3) is 21.5 Å². The molecule has 0 N–H and O–H groups in total. The van der Waals surface area contributed by atoms with Gasteiger partial charge in [-0.3, -0.25) is 0 Å². The SMILES string of the molecule is C=C/C=C/C.CCCCP(CCCC)c1cc2ccccc2[cH-]1.CCCCP(CCCC)c1cc2ccccc2[cH-]1.[Zr+2].